The second kappa shape index (κ2) is 11.1. The van der Waals surface area contributed by atoms with Crippen molar-refractivity contribution in [3.8, 4) is 0 Å². The van der Waals surface area contributed by atoms with Gasteiger partial charge in [0, 0.05) is 42.5 Å². The fourth-order valence-electron chi connectivity index (χ4n) is 6.43. The van der Waals surface area contributed by atoms with Crippen LogP contribution in [0.2, 0.25) is 0 Å². The topological polar surface area (TPSA) is 6.48 Å². The molecule has 0 bridgehead atoms. The first kappa shape index (κ1) is 26.9. The number of rotatable bonds is 6. The Bertz CT molecular complexity index is 1990. The fourth-order valence-corrected chi connectivity index (χ4v) is 7.70. The summed E-state index contributed by atoms with van der Waals surface area (Å²) in [6.45, 7) is 0. The Morgan fingerprint density at radius 3 is 0.932 bits per heavy atom. The van der Waals surface area contributed by atoms with Crippen molar-refractivity contribution in [2.45, 2.75) is 0 Å². The van der Waals surface area contributed by atoms with Gasteiger partial charge in [-0.1, -0.05) is 97.1 Å². The maximum Gasteiger partial charge on any atom is 0.0682 e. The van der Waals surface area contributed by atoms with Gasteiger partial charge >= 0.3 is 0 Å². The van der Waals surface area contributed by atoms with Gasteiger partial charge in [-0.2, -0.15) is 0 Å². The van der Waals surface area contributed by atoms with Crippen LogP contribution >= 0.6 is 31.9 Å². The van der Waals surface area contributed by atoms with Crippen molar-refractivity contribution >= 4 is 98.3 Å². The molecule has 0 fully saturated rings. The van der Waals surface area contributed by atoms with E-state index in [1.165, 1.54) is 32.3 Å². The second-order valence-corrected chi connectivity index (χ2v) is 12.6. The van der Waals surface area contributed by atoms with E-state index in [0.717, 1.165) is 43.1 Å². The van der Waals surface area contributed by atoms with Gasteiger partial charge in [-0.15, -0.1) is 0 Å². The molecule has 0 radical (unpaired) electrons. The molecule has 0 aliphatic rings. The number of anilines is 6. The SMILES string of the molecule is Brc1cc2ccc3c(N(c4ccccc4)c4ccccc4)c(Br)cc4ccc(c1N(c1ccccc1)c1ccccc1)c2c43. The Labute approximate surface area is 273 Å². The summed E-state index contributed by atoms with van der Waals surface area (Å²) < 4.78 is 2.10. The predicted octanol–water partition coefficient (Wildman–Crippen LogP) is 13.0. The average Bonchev–Trinajstić information content (AvgIpc) is 3.07. The zero-order valence-corrected chi connectivity index (χ0v) is 26.8. The van der Waals surface area contributed by atoms with Gasteiger partial charge in [0.15, 0.2) is 0 Å². The third-order valence-corrected chi connectivity index (χ3v) is 9.47. The first-order chi connectivity index (χ1) is 21.7. The summed E-state index contributed by atoms with van der Waals surface area (Å²) in [5.41, 5.74) is 6.68. The second-order valence-electron chi connectivity index (χ2n) is 10.8. The van der Waals surface area contributed by atoms with Gasteiger partial charge in [0.05, 0.1) is 11.4 Å². The zero-order valence-electron chi connectivity index (χ0n) is 23.7. The molecule has 44 heavy (non-hydrogen) atoms. The molecule has 8 aromatic rings. The minimum absolute atomic E-state index is 1.05. The molecule has 0 aromatic heterocycles. The smallest absolute Gasteiger partial charge is 0.0682 e. The average molecular weight is 694 g/mol. The molecule has 0 saturated heterocycles. The van der Waals surface area contributed by atoms with Crippen molar-refractivity contribution in [2.75, 3.05) is 9.80 Å². The van der Waals surface area contributed by atoms with Crippen LogP contribution in [0.3, 0.4) is 0 Å². The molecule has 8 rings (SSSR count). The maximum absolute atomic E-state index is 4.01. The van der Waals surface area contributed by atoms with Crippen molar-refractivity contribution in [2.24, 2.45) is 0 Å². The molecule has 0 aliphatic heterocycles. The molecule has 0 saturated carbocycles. The van der Waals surface area contributed by atoms with E-state index in [4.69, 9.17) is 0 Å². The van der Waals surface area contributed by atoms with Gasteiger partial charge in [-0.05, 0) is 114 Å². The van der Waals surface area contributed by atoms with Crippen LogP contribution in [0.5, 0.6) is 0 Å². The van der Waals surface area contributed by atoms with Gasteiger partial charge in [0.25, 0.3) is 0 Å². The summed E-state index contributed by atoms with van der Waals surface area (Å²) in [5.74, 6) is 0. The highest BCUT2D eigenvalue weighted by Gasteiger charge is 2.24. The van der Waals surface area contributed by atoms with Crippen molar-refractivity contribution in [1.82, 2.24) is 0 Å². The molecule has 0 heterocycles. The number of halogens is 2. The lowest BCUT2D eigenvalue weighted by molar-refractivity contribution is 1.29. The molecule has 0 atom stereocenters. The number of para-hydroxylation sites is 4. The summed E-state index contributed by atoms with van der Waals surface area (Å²) in [6.07, 6.45) is 0. The van der Waals surface area contributed by atoms with Gasteiger partial charge in [-0.25, -0.2) is 0 Å². The van der Waals surface area contributed by atoms with Crippen LogP contribution in [0.25, 0.3) is 32.3 Å². The first-order valence-corrected chi connectivity index (χ1v) is 16.2. The molecule has 210 valence electrons. The molecule has 4 heteroatoms. The Balaban J connectivity index is 1.46. The third kappa shape index (κ3) is 4.45. The van der Waals surface area contributed by atoms with E-state index < -0.39 is 0 Å². The molecule has 0 aliphatic carbocycles. The van der Waals surface area contributed by atoms with Gasteiger partial charge in [-0.3, -0.25) is 0 Å². The standard InChI is InChI=1S/C40H26Br2N2/c41-35-25-27-22-24-34-38-28(26-36(42)40(34)44(31-17-9-3-10-18-31)32-19-11-4-12-20-32)21-23-33(37(27)38)39(35)43(29-13-5-1-6-14-29)30-15-7-2-8-16-30/h1-26H. The zero-order chi connectivity index (χ0) is 29.6. The maximum atomic E-state index is 4.01. The van der Waals surface area contributed by atoms with Crippen LogP contribution in [-0.2, 0) is 0 Å². The van der Waals surface area contributed by atoms with Crippen LogP contribution in [0.15, 0.2) is 167 Å². The summed E-state index contributed by atoms with van der Waals surface area (Å²) >= 11 is 8.02. The molecule has 0 unspecified atom stereocenters. The van der Waals surface area contributed by atoms with E-state index in [-0.39, 0.29) is 0 Å². The third-order valence-electron chi connectivity index (χ3n) is 8.26. The highest BCUT2D eigenvalue weighted by Crippen LogP contribution is 2.51. The Morgan fingerprint density at radius 2 is 0.636 bits per heavy atom. The Morgan fingerprint density at radius 1 is 0.341 bits per heavy atom. The van der Waals surface area contributed by atoms with Gasteiger partial charge < -0.3 is 9.80 Å². The molecule has 0 spiro atoms. The Hall–Kier alpha value is -4.64. The minimum atomic E-state index is 1.05. The number of hydrogen-bond donors (Lipinski definition) is 0. The monoisotopic (exact) mass is 692 g/mol. The van der Waals surface area contributed by atoms with Crippen molar-refractivity contribution in [3.63, 3.8) is 0 Å². The van der Waals surface area contributed by atoms with Gasteiger partial charge in [0.2, 0.25) is 0 Å². The normalized spacial score (nSPS) is 11.4. The van der Waals surface area contributed by atoms with E-state index in [9.17, 15) is 0 Å². The van der Waals surface area contributed by atoms with Crippen LogP contribution in [-0.4, -0.2) is 0 Å². The van der Waals surface area contributed by atoms with Crippen molar-refractivity contribution in [1.29, 1.82) is 0 Å². The minimum Gasteiger partial charge on any atom is -0.309 e. The van der Waals surface area contributed by atoms with Crippen molar-refractivity contribution < 1.29 is 0 Å². The van der Waals surface area contributed by atoms with E-state index in [1.54, 1.807) is 0 Å². The van der Waals surface area contributed by atoms with E-state index in [2.05, 4.69) is 199 Å². The molecular formula is C40H26Br2N2. The highest BCUT2D eigenvalue weighted by atomic mass is 79.9. The van der Waals surface area contributed by atoms with Crippen molar-refractivity contribution in [3.05, 3.63) is 167 Å². The van der Waals surface area contributed by atoms with Crippen LogP contribution < -0.4 is 9.80 Å². The molecular weight excluding hydrogens is 668 g/mol. The fraction of sp³-hybridized carbons (Fsp3) is 0. The van der Waals surface area contributed by atoms with Crippen LogP contribution in [0.4, 0.5) is 34.1 Å². The predicted molar refractivity (Wildman–Crippen MR) is 195 cm³/mol. The lowest BCUT2D eigenvalue weighted by Crippen LogP contribution is -2.12. The highest BCUT2D eigenvalue weighted by molar-refractivity contribution is 9.11. The molecule has 2 nitrogen and oxygen atoms in total. The number of nitrogens with zero attached hydrogens (tertiary/aromatic N) is 2. The molecule has 0 N–H and O–H groups in total. The Kier molecular flexibility index (Phi) is 6.82. The molecule has 0 amide bonds. The summed E-state index contributed by atoms with van der Waals surface area (Å²) in [4.78, 5) is 4.71. The van der Waals surface area contributed by atoms with Crippen LogP contribution in [0, 0.1) is 0 Å². The largest absolute Gasteiger partial charge is 0.309 e. The van der Waals surface area contributed by atoms with Crippen LogP contribution in [0.1, 0.15) is 0 Å². The first-order valence-electron chi connectivity index (χ1n) is 14.6. The lowest BCUT2D eigenvalue weighted by Gasteiger charge is -2.30. The molecule has 8 aromatic carbocycles. The lowest BCUT2D eigenvalue weighted by atomic mass is 9.91. The summed E-state index contributed by atoms with van der Waals surface area (Å²) in [7, 11) is 0. The van der Waals surface area contributed by atoms with Gasteiger partial charge in [0.1, 0.15) is 0 Å². The quantitative estimate of drug-likeness (QED) is 0.160. The summed E-state index contributed by atoms with van der Waals surface area (Å²) in [6, 6.07) is 56.0. The number of benzene rings is 8. The van der Waals surface area contributed by atoms with E-state index in [1.807, 2.05) is 0 Å². The summed E-state index contributed by atoms with van der Waals surface area (Å²) in [5, 5.41) is 7.30. The van der Waals surface area contributed by atoms with E-state index in [0.29, 0.717) is 0 Å². The van der Waals surface area contributed by atoms with E-state index >= 15 is 0 Å². The number of hydrogen-bond acceptors (Lipinski definition) is 2.